The van der Waals surface area contributed by atoms with Crippen LogP contribution < -0.4 is 5.73 Å². The monoisotopic (exact) mass is 279 g/mol. The summed E-state index contributed by atoms with van der Waals surface area (Å²) in [5.41, 5.74) is 5.87. The summed E-state index contributed by atoms with van der Waals surface area (Å²) >= 11 is 1.00. The maximum absolute atomic E-state index is 11.4. The normalized spacial score (nSPS) is 10.2. The zero-order valence-electron chi connectivity index (χ0n) is 9.82. The number of hydrogen-bond donors (Lipinski definition) is 1. The third-order valence-electron chi connectivity index (χ3n) is 2.36. The Hall–Kier alpha value is -2.48. The highest BCUT2D eigenvalue weighted by Gasteiger charge is 2.22. The van der Waals surface area contributed by atoms with E-state index in [0.29, 0.717) is 10.6 Å². The first-order valence-electron chi connectivity index (χ1n) is 5.13. The zero-order valence-corrected chi connectivity index (χ0v) is 10.6. The number of rotatable bonds is 3. The van der Waals surface area contributed by atoms with Crippen molar-refractivity contribution in [3.8, 4) is 10.6 Å². The van der Waals surface area contributed by atoms with Crippen molar-refractivity contribution in [2.24, 2.45) is 0 Å². The Morgan fingerprint density at radius 1 is 1.47 bits per heavy atom. The van der Waals surface area contributed by atoms with Crippen molar-refractivity contribution >= 4 is 28.0 Å². The number of nitro groups is 1. The van der Waals surface area contributed by atoms with Crippen LogP contribution in [0.5, 0.6) is 0 Å². The minimum atomic E-state index is -0.668. The molecule has 0 aliphatic heterocycles. The van der Waals surface area contributed by atoms with E-state index in [2.05, 4.69) is 9.72 Å². The highest BCUT2D eigenvalue weighted by Crippen LogP contribution is 2.35. The van der Waals surface area contributed by atoms with Crippen LogP contribution in [0, 0.1) is 10.1 Å². The smallest absolute Gasteiger partial charge is 0.359 e. The van der Waals surface area contributed by atoms with E-state index in [1.165, 1.54) is 13.2 Å². The van der Waals surface area contributed by atoms with Gasteiger partial charge in [0.25, 0.3) is 5.69 Å². The van der Waals surface area contributed by atoms with Crippen molar-refractivity contribution in [2.45, 2.75) is 0 Å². The molecular weight excluding hydrogens is 270 g/mol. The number of carbonyl (C=O) groups is 1. The number of esters is 1. The van der Waals surface area contributed by atoms with Gasteiger partial charge in [-0.05, 0) is 6.07 Å². The quantitative estimate of drug-likeness (QED) is 0.523. The second-order valence-corrected chi connectivity index (χ2v) is 4.53. The highest BCUT2D eigenvalue weighted by atomic mass is 32.1. The van der Waals surface area contributed by atoms with E-state index in [-0.39, 0.29) is 16.4 Å². The molecule has 2 aromatic rings. The van der Waals surface area contributed by atoms with Gasteiger partial charge in [-0.2, -0.15) is 0 Å². The number of nitrogen functional groups attached to an aromatic ring is 1. The summed E-state index contributed by atoms with van der Waals surface area (Å²) in [6, 6.07) is 6.12. The Labute approximate surface area is 111 Å². The minimum absolute atomic E-state index is 0.0272. The maximum atomic E-state index is 11.4. The molecule has 2 N–H and O–H groups in total. The first kappa shape index (κ1) is 13.0. The fraction of sp³-hybridized carbons (Fsp3) is 0.0909. The molecule has 0 radical (unpaired) electrons. The van der Waals surface area contributed by atoms with Gasteiger partial charge in [0.2, 0.25) is 0 Å². The number of carbonyl (C=O) groups excluding carboxylic acids is 1. The van der Waals surface area contributed by atoms with E-state index in [0.717, 1.165) is 11.3 Å². The number of para-hydroxylation sites is 1. The number of benzene rings is 1. The summed E-state index contributed by atoms with van der Waals surface area (Å²) in [5.74, 6) is -0.668. The number of hydrogen-bond acceptors (Lipinski definition) is 7. The lowest BCUT2D eigenvalue weighted by Gasteiger charge is -1.97. The van der Waals surface area contributed by atoms with E-state index in [9.17, 15) is 14.9 Å². The molecule has 0 spiro atoms. The van der Waals surface area contributed by atoms with Crippen molar-refractivity contribution < 1.29 is 14.5 Å². The van der Waals surface area contributed by atoms with Gasteiger partial charge >= 0.3 is 5.97 Å². The molecule has 0 unspecified atom stereocenters. The summed E-state index contributed by atoms with van der Waals surface area (Å²) in [7, 11) is 1.21. The first-order chi connectivity index (χ1) is 9.04. The van der Waals surface area contributed by atoms with Crippen molar-refractivity contribution in [2.75, 3.05) is 12.8 Å². The fourth-order valence-electron chi connectivity index (χ4n) is 1.50. The first-order valence-corrected chi connectivity index (χ1v) is 5.94. The fourth-order valence-corrected chi connectivity index (χ4v) is 2.36. The van der Waals surface area contributed by atoms with Gasteiger partial charge in [0.1, 0.15) is 10.0 Å². The zero-order chi connectivity index (χ0) is 14.0. The molecule has 7 nitrogen and oxygen atoms in total. The summed E-state index contributed by atoms with van der Waals surface area (Å²) in [6.45, 7) is 0. The second kappa shape index (κ2) is 5.02. The van der Waals surface area contributed by atoms with Crippen LogP contribution in [0.3, 0.4) is 0 Å². The number of nitro benzene ring substituents is 1. The lowest BCUT2D eigenvalue weighted by Crippen LogP contribution is -2.04. The van der Waals surface area contributed by atoms with Crippen LogP contribution in [-0.4, -0.2) is 23.0 Å². The van der Waals surface area contributed by atoms with Gasteiger partial charge in [0, 0.05) is 6.07 Å². The van der Waals surface area contributed by atoms with Gasteiger partial charge in [0.05, 0.1) is 17.6 Å². The highest BCUT2D eigenvalue weighted by molar-refractivity contribution is 7.19. The van der Waals surface area contributed by atoms with Crippen LogP contribution in [-0.2, 0) is 4.74 Å². The van der Waals surface area contributed by atoms with Crippen LogP contribution in [0.25, 0.3) is 10.6 Å². The predicted molar refractivity (Wildman–Crippen MR) is 70.0 cm³/mol. The number of nitrogens with zero attached hydrogens (tertiary/aromatic N) is 2. The van der Waals surface area contributed by atoms with Gasteiger partial charge in [-0.1, -0.05) is 23.5 Å². The standard InChI is InChI=1S/C11H9N3O4S/c1-18-11(15)8-9(12)19-10(13-8)6-4-2-3-5-7(6)14(16)17/h2-5H,12H2,1H3. The molecule has 0 bridgehead atoms. The van der Waals surface area contributed by atoms with Crippen LogP contribution >= 0.6 is 11.3 Å². The molecule has 0 saturated carbocycles. The lowest BCUT2D eigenvalue weighted by molar-refractivity contribution is -0.384. The number of anilines is 1. The largest absolute Gasteiger partial charge is 0.464 e. The molecule has 1 aromatic carbocycles. The van der Waals surface area contributed by atoms with Crippen molar-refractivity contribution in [3.05, 3.63) is 40.1 Å². The van der Waals surface area contributed by atoms with E-state index in [1.54, 1.807) is 18.2 Å². The number of methoxy groups -OCH3 is 1. The minimum Gasteiger partial charge on any atom is -0.464 e. The molecule has 0 amide bonds. The van der Waals surface area contributed by atoms with Crippen LogP contribution in [0.4, 0.5) is 10.7 Å². The van der Waals surface area contributed by atoms with Gasteiger partial charge in [-0.25, -0.2) is 9.78 Å². The van der Waals surface area contributed by atoms with Gasteiger partial charge in [-0.3, -0.25) is 10.1 Å². The van der Waals surface area contributed by atoms with E-state index < -0.39 is 10.9 Å². The Balaban J connectivity index is 2.55. The average molecular weight is 279 g/mol. The predicted octanol–water partition coefficient (Wildman–Crippen LogP) is 2.09. The molecule has 0 fully saturated rings. The molecular formula is C11H9N3O4S. The van der Waals surface area contributed by atoms with Crippen LogP contribution in [0.2, 0.25) is 0 Å². The maximum Gasteiger partial charge on any atom is 0.359 e. The Morgan fingerprint density at radius 2 is 2.16 bits per heavy atom. The summed E-state index contributed by atoms with van der Waals surface area (Å²) in [4.78, 5) is 25.8. The van der Waals surface area contributed by atoms with Crippen molar-refractivity contribution in [1.82, 2.24) is 4.98 Å². The van der Waals surface area contributed by atoms with Crippen LogP contribution in [0.1, 0.15) is 10.5 Å². The van der Waals surface area contributed by atoms with E-state index in [4.69, 9.17) is 5.73 Å². The molecule has 2 rings (SSSR count). The second-order valence-electron chi connectivity index (χ2n) is 3.50. The molecule has 0 atom stereocenters. The van der Waals surface area contributed by atoms with E-state index in [1.807, 2.05) is 0 Å². The van der Waals surface area contributed by atoms with E-state index >= 15 is 0 Å². The topological polar surface area (TPSA) is 108 Å². The Kier molecular flexibility index (Phi) is 3.43. The molecule has 0 aliphatic rings. The third-order valence-corrected chi connectivity index (χ3v) is 3.28. The molecule has 19 heavy (non-hydrogen) atoms. The summed E-state index contributed by atoms with van der Waals surface area (Å²) in [5, 5.41) is 11.4. The Morgan fingerprint density at radius 3 is 2.79 bits per heavy atom. The van der Waals surface area contributed by atoms with Gasteiger partial charge < -0.3 is 10.5 Å². The molecule has 8 heteroatoms. The number of aromatic nitrogens is 1. The summed E-state index contributed by atoms with van der Waals surface area (Å²) < 4.78 is 4.54. The number of ether oxygens (including phenoxy) is 1. The Bertz CT molecular complexity index is 653. The van der Waals surface area contributed by atoms with Gasteiger partial charge in [-0.15, -0.1) is 0 Å². The molecule has 1 heterocycles. The summed E-state index contributed by atoms with van der Waals surface area (Å²) in [6.07, 6.45) is 0. The molecule has 1 aromatic heterocycles. The van der Waals surface area contributed by atoms with Gasteiger partial charge in [0.15, 0.2) is 5.69 Å². The van der Waals surface area contributed by atoms with Crippen LogP contribution in [0.15, 0.2) is 24.3 Å². The molecule has 0 aliphatic carbocycles. The lowest BCUT2D eigenvalue weighted by atomic mass is 10.2. The SMILES string of the molecule is COC(=O)c1nc(-c2ccccc2[N+](=O)[O-])sc1N. The third kappa shape index (κ3) is 2.38. The van der Waals surface area contributed by atoms with Crippen molar-refractivity contribution in [1.29, 1.82) is 0 Å². The van der Waals surface area contributed by atoms with Crippen molar-refractivity contribution in [3.63, 3.8) is 0 Å². The average Bonchev–Trinajstić information content (AvgIpc) is 2.79. The number of thiazole rings is 1. The number of nitrogens with two attached hydrogens (primary N) is 1. The molecule has 0 saturated heterocycles. The molecule has 98 valence electrons.